The van der Waals surface area contributed by atoms with Crippen LogP contribution >= 0.6 is 0 Å². The van der Waals surface area contributed by atoms with E-state index in [2.05, 4.69) is 29.2 Å². The first-order valence-corrected chi connectivity index (χ1v) is 10.3. The first-order chi connectivity index (χ1) is 14.1. The number of rotatable bonds is 7. The van der Waals surface area contributed by atoms with Gasteiger partial charge in [-0.05, 0) is 62.5 Å². The molecule has 0 bridgehead atoms. The molecule has 3 rings (SSSR count). The van der Waals surface area contributed by atoms with E-state index in [4.69, 9.17) is 4.74 Å². The van der Waals surface area contributed by atoms with Gasteiger partial charge in [0.15, 0.2) is 0 Å². The number of amides is 1. The minimum Gasteiger partial charge on any atom is -0.465 e. The molecular formula is C24H30N2O3. The minimum atomic E-state index is -0.426. The molecule has 154 valence electrons. The Morgan fingerprint density at radius 2 is 1.86 bits per heavy atom. The number of aryl methyl sites for hydroxylation is 1. The molecule has 1 atom stereocenters. The normalized spacial score (nSPS) is 17.0. The van der Waals surface area contributed by atoms with Gasteiger partial charge in [-0.3, -0.25) is 4.79 Å². The summed E-state index contributed by atoms with van der Waals surface area (Å²) in [6.45, 7) is 3.03. The van der Waals surface area contributed by atoms with Gasteiger partial charge in [-0.15, -0.1) is 0 Å². The fraction of sp³-hybridized carbons (Fsp3) is 0.417. The van der Waals surface area contributed by atoms with Gasteiger partial charge in [0, 0.05) is 25.2 Å². The van der Waals surface area contributed by atoms with Gasteiger partial charge >= 0.3 is 5.97 Å². The van der Waals surface area contributed by atoms with Gasteiger partial charge in [0.2, 0.25) is 0 Å². The Bertz CT molecular complexity index is 822. The average molecular weight is 395 g/mol. The zero-order chi connectivity index (χ0) is 20.6. The van der Waals surface area contributed by atoms with Crippen molar-refractivity contribution >= 4 is 11.9 Å². The number of carbonyl (C=O) groups excluding carboxylic acids is 2. The average Bonchev–Trinajstić information content (AvgIpc) is 2.78. The van der Waals surface area contributed by atoms with Crippen molar-refractivity contribution < 1.29 is 14.3 Å². The molecule has 0 spiro atoms. The van der Waals surface area contributed by atoms with E-state index in [1.54, 1.807) is 24.3 Å². The lowest BCUT2D eigenvalue weighted by Crippen LogP contribution is -2.48. The third kappa shape index (κ3) is 5.67. The fourth-order valence-corrected chi connectivity index (χ4v) is 3.97. The maximum atomic E-state index is 13.0. The molecule has 1 amide bonds. The van der Waals surface area contributed by atoms with Crippen LogP contribution in [0.1, 0.15) is 45.5 Å². The standard InChI is InChI=1S/C24H30N2O3/c1-25(23(27)20-12-6-13-21(17-20)24(28)29-2)22-14-8-16-26(18-22)15-7-11-19-9-4-3-5-10-19/h3-6,9-10,12-13,17,22H,7-8,11,14-16,18H2,1-2H3. The SMILES string of the molecule is COC(=O)c1cccc(C(=O)N(C)C2CCCN(CCCc3ccccc3)C2)c1. The van der Waals surface area contributed by atoms with Gasteiger partial charge < -0.3 is 14.5 Å². The van der Waals surface area contributed by atoms with Crippen LogP contribution in [0.25, 0.3) is 0 Å². The summed E-state index contributed by atoms with van der Waals surface area (Å²) in [6.07, 6.45) is 4.30. The number of hydrogen-bond donors (Lipinski definition) is 0. The van der Waals surface area contributed by atoms with E-state index in [1.807, 2.05) is 18.0 Å². The molecule has 2 aromatic carbocycles. The van der Waals surface area contributed by atoms with Crippen LogP contribution in [0.15, 0.2) is 54.6 Å². The van der Waals surface area contributed by atoms with E-state index >= 15 is 0 Å². The second-order valence-electron chi connectivity index (χ2n) is 7.67. The molecule has 1 heterocycles. The zero-order valence-electron chi connectivity index (χ0n) is 17.3. The third-order valence-electron chi connectivity index (χ3n) is 5.66. The summed E-state index contributed by atoms with van der Waals surface area (Å²) in [4.78, 5) is 29.0. The number of carbonyl (C=O) groups is 2. The number of piperidine rings is 1. The Morgan fingerprint density at radius 1 is 1.10 bits per heavy atom. The predicted octanol–water partition coefficient (Wildman–Crippen LogP) is 3.64. The first-order valence-electron chi connectivity index (χ1n) is 10.3. The molecule has 1 aliphatic heterocycles. The van der Waals surface area contributed by atoms with Crippen molar-refractivity contribution in [2.75, 3.05) is 33.8 Å². The predicted molar refractivity (Wildman–Crippen MR) is 114 cm³/mol. The Morgan fingerprint density at radius 3 is 2.62 bits per heavy atom. The summed E-state index contributed by atoms with van der Waals surface area (Å²) in [7, 11) is 3.21. The largest absolute Gasteiger partial charge is 0.465 e. The van der Waals surface area contributed by atoms with E-state index in [1.165, 1.54) is 12.7 Å². The second kappa shape index (κ2) is 10.2. The molecule has 1 fully saturated rings. The van der Waals surface area contributed by atoms with Crippen molar-refractivity contribution in [3.05, 3.63) is 71.3 Å². The highest BCUT2D eigenvalue weighted by molar-refractivity contribution is 5.97. The Labute approximate surface area is 173 Å². The van der Waals surface area contributed by atoms with Crippen LogP contribution in [0.4, 0.5) is 0 Å². The van der Waals surface area contributed by atoms with Gasteiger partial charge in [-0.2, -0.15) is 0 Å². The van der Waals surface area contributed by atoms with Crippen molar-refractivity contribution in [3.8, 4) is 0 Å². The summed E-state index contributed by atoms with van der Waals surface area (Å²) < 4.78 is 4.76. The lowest BCUT2D eigenvalue weighted by molar-refractivity contribution is 0.0600. The van der Waals surface area contributed by atoms with Gasteiger partial charge in [-0.1, -0.05) is 36.4 Å². The molecule has 0 aliphatic carbocycles. The second-order valence-corrected chi connectivity index (χ2v) is 7.67. The van der Waals surface area contributed by atoms with E-state index in [0.29, 0.717) is 11.1 Å². The summed E-state index contributed by atoms with van der Waals surface area (Å²) in [5.74, 6) is -0.476. The maximum absolute atomic E-state index is 13.0. The molecule has 0 radical (unpaired) electrons. The van der Waals surface area contributed by atoms with Gasteiger partial charge in [0.25, 0.3) is 5.91 Å². The molecule has 1 saturated heterocycles. The van der Waals surface area contributed by atoms with Crippen LogP contribution < -0.4 is 0 Å². The van der Waals surface area contributed by atoms with E-state index in [9.17, 15) is 9.59 Å². The number of likely N-dealkylation sites (tertiary alicyclic amines) is 1. The minimum absolute atomic E-state index is 0.0492. The van der Waals surface area contributed by atoms with Crippen molar-refractivity contribution in [1.82, 2.24) is 9.80 Å². The summed E-state index contributed by atoms with van der Waals surface area (Å²) >= 11 is 0. The lowest BCUT2D eigenvalue weighted by Gasteiger charge is -2.37. The van der Waals surface area contributed by atoms with Crippen LogP contribution in [0.2, 0.25) is 0 Å². The van der Waals surface area contributed by atoms with Crippen LogP contribution in [-0.2, 0) is 11.2 Å². The number of likely N-dealkylation sites (N-methyl/N-ethyl adjacent to an activating group) is 1. The Kier molecular flexibility index (Phi) is 7.42. The highest BCUT2D eigenvalue weighted by Crippen LogP contribution is 2.18. The lowest BCUT2D eigenvalue weighted by atomic mass is 10.0. The zero-order valence-corrected chi connectivity index (χ0v) is 17.3. The highest BCUT2D eigenvalue weighted by Gasteiger charge is 2.26. The first kappa shape index (κ1) is 21.1. The highest BCUT2D eigenvalue weighted by atomic mass is 16.5. The van der Waals surface area contributed by atoms with Crippen molar-refractivity contribution in [1.29, 1.82) is 0 Å². The van der Waals surface area contributed by atoms with Gasteiger partial charge in [0.1, 0.15) is 0 Å². The van der Waals surface area contributed by atoms with Crippen LogP contribution in [0.5, 0.6) is 0 Å². The van der Waals surface area contributed by atoms with Crippen LogP contribution in [-0.4, -0.2) is 61.5 Å². The molecule has 1 unspecified atom stereocenters. The number of ether oxygens (including phenoxy) is 1. The number of nitrogens with zero attached hydrogens (tertiary/aromatic N) is 2. The van der Waals surface area contributed by atoms with Gasteiger partial charge in [0.05, 0.1) is 12.7 Å². The molecule has 0 N–H and O–H groups in total. The Balaban J connectivity index is 1.55. The molecule has 5 nitrogen and oxygen atoms in total. The topological polar surface area (TPSA) is 49.9 Å². The third-order valence-corrected chi connectivity index (χ3v) is 5.66. The van der Waals surface area contributed by atoms with Crippen LogP contribution in [0.3, 0.4) is 0 Å². The maximum Gasteiger partial charge on any atom is 0.337 e. The fourth-order valence-electron chi connectivity index (χ4n) is 3.97. The van der Waals surface area contributed by atoms with Crippen molar-refractivity contribution in [2.24, 2.45) is 0 Å². The molecule has 0 aromatic heterocycles. The van der Waals surface area contributed by atoms with Crippen LogP contribution in [0, 0.1) is 0 Å². The van der Waals surface area contributed by atoms with Gasteiger partial charge in [-0.25, -0.2) is 4.79 Å². The number of esters is 1. The smallest absolute Gasteiger partial charge is 0.337 e. The summed E-state index contributed by atoms with van der Waals surface area (Å²) in [6, 6.07) is 17.5. The Hall–Kier alpha value is -2.66. The quantitative estimate of drug-likeness (QED) is 0.673. The molecule has 0 saturated carbocycles. The van der Waals surface area contributed by atoms with Crippen molar-refractivity contribution in [3.63, 3.8) is 0 Å². The van der Waals surface area contributed by atoms with E-state index in [0.717, 1.165) is 45.3 Å². The number of benzene rings is 2. The molecule has 5 heteroatoms. The molecular weight excluding hydrogens is 364 g/mol. The molecule has 2 aromatic rings. The van der Waals surface area contributed by atoms with E-state index in [-0.39, 0.29) is 11.9 Å². The molecule has 1 aliphatic rings. The number of methoxy groups -OCH3 is 1. The monoisotopic (exact) mass is 394 g/mol. The summed E-state index contributed by atoms with van der Waals surface area (Å²) in [5, 5.41) is 0. The van der Waals surface area contributed by atoms with Crippen molar-refractivity contribution in [2.45, 2.75) is 31.7 Å². The molecule has 29 heavy (non-hydrogen) atoms. The van der Waals surface area contributed by atoms with E-state index < -0.39 is 5.97 Å². The number of hydrogen-bond acceptors (Lipinski definition) is 4. The summed E-state index contributed by atoms with van der Waals surface area (Å²) in [5.41, 5.74) is 2.30.